The van der Waals surface area contributed by atoms with Crippen LogP contribution in [0, 0.1) is 19.8 Å². The Morgan fingerprint density at radius 1 is 1.29 bits per heavy atom. The van der Waals surface area contributed by atoms with Crippen LogP contribution in [0.3, 0.4) is 0 Å². The average molecular weight is 237 g/mol. The minimum Gasteiger partial charge on any atom is -0.478 e. The van der Waals surface area contributed by atoms with Crippen LogP contribution in [0.15, 0.2) is 6.07 Å². The van der Waals surface area contributed by atoms with Crippen LogP contribution in [-0.2, 0) is 0 Å². The molecule has 0 saturated carbocycles. The van der Waals surface area contributed by atoms with Crippen molar-refractivity contribution in [2.45, 2.75) is 53.5 Å². The van der Waals surface area contributed by atoms with Gasteiger partial charge < -0.3 is 9.67 Å². The molecule has 1 rings (SSSR count). The third-order valence-electron chi connectivity index (χ3n) is 3.32. The molecule has 96 valence electrons. The van der Waals surface area contributed by atoms with E-state index in [-0.39, 0.29) is 0 Å². The van der Waals surface area contributed by atoms with Gasteiger partial charge in [-0.2, -0.15) is 0 Å². The number of nitrogens with zero attached hydrogens (tertiary/aromatic N) is 1. The van der Waals surface area contributed by atoms with Crippen molar-refractivity contribution in [2.75, 3.05) is 0 Å². The highest BCUT2D eigenvalue weighted by molar-refractivity contribution is 5.89. The molecule has 1 aromatic rings. The fourth-order valence-electron chi connectivity index (χ4n) is 2.38. The van der Waals surface area contributed by atoms with E-state index in [0.29, 0.717) is 17.5 Å². The van der Waals surface area contributed by atoms with Crippen LogP contribution in [-0.4, -0.2) is 15.6 Å². The van der Waals surface area contributed by atoms with Crippen molar-refractivity contribution >= 4 is 5.97 Å². The molecule has 0 bridgehead atoms. The molecule has 1 heterocycles. The van der Waals surface area contributed by atoms with Gasteiger partial charge in [0, 0.05) is 17.4 Å². The van der Waals surface area contributed by atoms with Gasteiger partial charge in [0.1, 0.15) is 0 Å². The minimum atomic E-state index is -0.833. The van der Waals surface area contributed by atoms with Crippen LogP contribution >= 0.6 is 0 Å². The molecule has 3 heteroatoms. The summed E-state index contributed by atoms with van der Waals surface area (Å²) >= 11 is 0. The Hall–Kier alpha value is -1.25. The number of carboxylic acid groups (broad SMARTS) is 1. The van der Waals surface area contributed by atoms with Gasteiger partial charge in [-0.05, 0) is 45.6 Å². The maximum absolute atomic E-state index is 11.1. The van der Waals surface area contributed by atoms with Gasteiger partial charge in [-0.3, -0.25) is 0 Å². The first-order valence-electron chi connectivity index (χ1n) is 6.26. The molecule has 0 saturated heterocycles. The summed E-state index contributed by atoms with van der Waals surface area (Å²) in [6.45, 7) is 10.5. The molecule has 1 N–H and O–H groups in total. The van der Waals surface area contributed by atoms with Gasteiger partial charge in [-0.1, -0.05) is 13.8 Å². The zero-order valence-corrected chi connectivity index (χ0v) is 11.4. The maximum Gasteiger partial charge on any atom is 0.337 e. The van der Waals surface area contributed by atoms with Crippen LogP contribution in [0.2, 0.25) is 0 Å². The van der Waals surface area contributed by atoms with Crippen molar-refractivity contribution in [1.82, 2.24) is 4.57 Å². The first-order valence-corrected chi connectivity index (χ1v) is 6.26. The van der Waals surface area contributed by atoms with Gasteiger partial charge in [-0.25, -0.2) is 4.79 Å². The zero-order chi connectivity index (χ0) is 13.2. The van der Waals surface area contributed by atoms with Crippen LogP contribution in [0.5, 0.6) is 0 Å². The Bertz CT molecular complexity index is 405. The summed E-state index contributed by atoms with van der Waals surface area (Å²) in [5, 5.41) is 9.09. The van der Waals surface area contributed by atoms with E-state index in [0.717, 1.165) is 17.8 Å². The summed E-state index contributed by atoms with van der Waals surface area (Å²) in [6, 6.07) is 2.13. The number of carbonyl (C=O) groups is 1. The molecular formula is C14H23NO2. The van der Waals surface area contributed by atoms with Crippen molar-refractivity contribution in [2.24, 2.45) is 5.92 Å². The smallest absolute Gasteiger partial charge is 0.337 e. The van der Waals surface area contributed by atoms with Gasteiger partial charge in [0.15, 0.2) is 0 Å². The van der Waals surface area contributed by atoms with Gasteiger partial charge in [0.2, 0.25) is 0 Å². The lowest BCUT2D eigenvalue weighted by Crippen LogP contribution is -2.10. The number of aromatic nitrogens is 1. The zero-order valence-electron chi connectivity index (χ0n) is 11.4. The molecule has 3 nitrogen and oxygen atoms in total. The Kier molecular flexibility index (Phi) is 4.38. The van der Waals surface area contributed by atoms with Crippen LogP contribution in [0.4, 0.5) is 0 Å². The molecule has 0 aliphatic carbocycles. The predicted octanol–water partition coefficient (Wildman–Crippen LogP) is 3.80. The summed E-state index contributed by atoms with van der Waals surface area (Å²) < 4.78 is 2.14. The average Bonchev–Trinajstić information content (AvgIpc) is 2.51. The lowest BCUT2D eigenvalue weighted by molar-refractivity contribution is 0.0696. The molecule has 1 unspecified atom stereocenters. The first kappa shape index (κ1) is 13.8. The molecule has 17 heavy (non-hydrogen) atoms. The van der Waals surface area contributed by atoms with Gasteiger partial charge in [0.05, 0.1) is 5.56 Å². The summed E-state index contributed by atoms with van der Waals surface area (Å²) in [4.78, 5) is 11.1. The van der Waals surface area contributed by atoms with E-state index < -0.39 is 5.97 Å². The number of aromatic carboxylic acids is 1. The SMILES string of the molecule is Cc1cc(C(=O)O)c(C)n1C(C)CCC(C)C. The second-order valence-electron chi connectivity index (χ2n) is 5.28. The number of aryl methyl sites for hydroxylation is 1. The van der Waals surface area contributed by atoms with Gasteiger partial charge >= 0.3 is 5.97 Å². The highest BCUT2D eigenvalue weighted by Crippen LogP contribution is 2.24. The third-order valence-corrected chi connectivity index (χ3v) is 3.32. The van der Waals surface area contributed by atoms with Gasteiger partial charge in [0.25, 0.3) is 0 Å². The molecule has 0 aliphatic heterocycles. The van der Waals surface area contributed by atoms with E-state index in [4.69, 9.17) is 5.11 Å². The van der Waals surface area contributed by atoms with E-state index in [1.807, 2.05) is 13.8 Å². The van der Waals surface area contributed by atoms with E-state index in [2.05, 4.69) is 25.3 Å². The lowest BCUT2D eigenvalue weighted by atomic mass is 10.0. The molecule has 1 aromatic heterocycles. The first-order chi connectivity index (χ1) is 7.84. The third kappa shape index (κ3) is 3.11. The van der Waals surface area contributed by atoms with Crippen molar-refractivity contribution in [3.8, 4) is 0 Å². The topological polar surface area (TPSA) is 42.2 Å². The Balaban J connectivity index is 2.93. The largest absolute Gasteiger partial charge is 0.478 e. The van der Waals surface area contributed by atoms with E-state index in [9.17, 15) is 4.79 Å². The molecule has 0 radical (unpaired) electrons. The summed E-state index contributed by atoms with van der Waals surface area (Å²) in [5.41, 5.74) is 2.33. The number of hydrogen-bond acceptors (Lipinski definition) is 1. The van der Waals surface area contributed by atoms with E-state index in [1.54, 1.807) is 6.07 Å². The highest BCUT2D eigenvalue weighted by Gasteiger charge is 2.17. The quantitative estimate of drug-likeness (QED) is 0.846. The summed E-state index contributed by atoms with van der Waals surface area (Å²) in [7, 11) is 0. The Morgan fingerprint density at radius 3 is 2.29 bits per heavy atom. The van der Waals surface area contributed by atoms with Crippen LogP contribution in [0.1, 0.15) is 61.4 Å². The molecular weight excluding hydrogens is 214 g/mol. The molecule has 0 aliphatic rings. The van der Waals surface area contributed by atoms with E-state index in [1.165, 1.54) is 6.42 Å². The standard InChI is InChI=1S/C14H23NO2/c1-9(2)6-7-10(3)15-11(4)8-13(12(15)5)14(16)17/h8-10H,6-7H2,1-5H3,(H,16,17). The Labute approximate surface area is 103 Å². The molecule has 0 spiro atoms. The van der Waals surface area contributed by atoms with Gasteiger partial charge in [-0.15, -0.1) is 0 Å². The van der Waals surface area contributed by atoms with E-state index >= 15 is 0 Å². The normalized spacial score (nSPS) is 13.1. The maximum atomic E-state index is 11.1. The van der Waals surface area contributed by atoms with Crippen molar-refractivity contribution in [3.63, 3.8) is 0 Å². The van der Waals surface area contributed by atoms with Crippen molar-refractivity contribution in [3.05, 3.63) is 23.0 Å². The Morgan fingerprint density at radius 2 is 1.88 bits per heavy atom. The van der Waals surface area contributed by atoms with Crippen LogP contribution < -0.4 is 0 Å². The predicted molar refractivity (Wildman–Crippen MR) is 69.6 cm³/mol. The number of hydrogen-bond donors (Lipinski definition) is 1. The summed E-state index contributed by atoms with van der Waals surface area (Å²) in [6.07, 6.45) is 2.26. The highest BCUT2D eigenvalue weighted by atomic mass is 16.4. The van der Waals surface area contributed by atoms with Crippen LogP contribution in [0.25, 0.3) is 0 Å². The fourth-order valence-corrected chi connectivity index (χ4v) is 2.38. The second kappa shape index (κ2) is 5.39. The monoisotopic (exact) mass is 237 g/mol. The number of rotatable bonds is 5. The van der Waals surface area contributed by atoms with Crippen molar-refractivity contribution in [1.29, 1.82) is 0 Å². The fraction of sp³-hybridized carbons (Fsp3) is 0.643. The lowest BCUT2D eigenvalue weighted by Gasteiger charge is -2.19. The van der Waals surface area contributed by atoms with Crippen molar-refractivity contribution < 1.29 is 9.90 Å². The minimum absolute atomic E-state index is 0.366. The molecule has 1 atom stereocenters. The number of carboxylic acids is 1. The molecule has 0 fully saturated rings. The molecule has 0 aromatic carbocycles. The summed E-state index contributed by atoms with van der Waals surface area (Å²) in [5.74, 6) is -0.145. The second-order valence-corrected chi connectivity index (χ2v) is 5.28. The molecule has 0 amide bonds.